The van der Waals surface area contributed by atoms with Crippen LogP contribution in [0.25, 0.3) is 17.2 Å². The largest absolute Gasteiger partial charge is 0.508 e. The van der Waals surface area contributed by atoms with Gasteiger partial charge in [0, 0.05) is 52.4 Å². The van der Waals surface area contributed by atoms with Crippen molar-refractivity contribution in [1.82, 2.24) is 10.6 Å². The maximum atomic E-state index is 12.2. The van der Waals surface area contributed by atoms with E-state index < -0.39 is 6.10 Å². The quantitative estimate of drug-likeness (QED) is 0.191. The molecule has 0 bridgehead atoms. The van der Waals surface area contributed by atoms with Gasteiger partial charge >= 0.3 is 5.97 Å². The highest BCUT2D eigenvalue weighted by molar-refractivity contribution is 5.84. The normalized spacial score (nSPS) is 26.8. The minimum absolute atomic E-state index is 0.0350. The number of methoxy groups -OCH3 is 1. The number of benzene rings is 3. The number of dihydropyridines is 1. The van der Waals surface area contributed by atoms with E-state index in [0.717, 1.165) is 76.8 Å². The number of hydrogen-bond donors (Lipinski definition) is 5. The molecular weight excluding hydrogens is 646 g/mol. The van der Waals surface area contributed by atoms with Gasteiger partial charge in [-0.1, -0.05) is 36.4 Å². The molecule has 266 valence electrons. The van der Waals surface area contributed by atoms with Gasteiger partial charge in [0.15, 0.2) is 11.5 Å². The zero-order valence-corrected chi connectivity index (χ0v) is 29.2. The van der Waals surface area contributed by atoms with E-state index in [-0.39, 0.29) is 47.6 Å². The molecular formula is C41H45N3O7. The maximum absolute atomic E-state index is 12.2. The van der Waals surface area contributed by atoms with Gasteiger partial charge in [-0.15, -0.1) is 0 Å². The predicted molar refractivity (Wildman–Crippen MR) is 194 cm³/mol. The van der Waals surface area contributed by atoms with Crippen molar-refractivity contribution >= 4 is 12.0 Å². The van der Waals surface area contributed by atoms with Crippen molar-refractivity contribution in [2.45, 2.75) is 68.7 Å². The molecule has 0 saturated heterocycles. The van der Waals surface area contributed by atoms with Crippen LogP contribution in [0.15, 0.2) is 66.4 Å². The van der Waals surface area contributed by atoms with Crippen LogP contribution in [0.5, 0.6) is 28.7 Å². The van der Waals surface area contributed by atoms with Crippen LogP contribution in [0.2, 0.25) is 0 Å². The molecule has 0 amide bonds. The first-order valence-corrected chi connectivity index (χ1v) is 17.8. The van der Waals surface area contributed by atoms with Crippen LogP contribution in [0.3, 0.4) is 0 Å². The second-order valence-electron chi connectivity index (χ2n) is 14.6. The Morgan fingerprint density at radius 3 is 2.73 bits per heavy atom. The van der Waals surface area contributed by atoms with Gasteiger partial charge < -0.3 is 45.5 Å². The first-order chi connectivity index (χ1) is 24.7. The number of phenols is 2. The van der Waals surface area contributed by atoms with Gasteiger partial charge in [-0.2, -0.15) is 0 Å². The predicted octanol–water partition coefficient (Wildman–Crippen LogP) is 5.86. The molecule has 0 radical (unpaired) electrons. The maximum Gasteiger partial charge on any atom is 0.302 e. The van der Waals surface area contributed by atoms with Crippen LogP contribution >= 0.6 is 0 Å². The minimum atomic E-state index is -0.523. The number of aromatic hydroxyl groups is 2. The number of hydrogen-bond acceptors (Lipinski definition) is 10. The van der Waals surface area contributed by atoms with E-state index in [1.807, 2.05) is 43.6 Å². The molecule has 1 unspecified atom stereocenters. The SMILES string of the molecule is CN[C@H]1C=Cc2c([C@H]3Oc4c(ccc5c4[C@]4(CC[C@H](CC6=CNC(N)C=C6)C4)Cc4cc(O)cc(OC)c4-5)[C@@H]3COC(C)=O)ccc(O)c2OC1. The number of phenolic OH excluding ortho intramolecular Hbond substituents is 2. The summed E-state index contributed by atoms with van der Waals surface area (Å²) in [6.07, 6.45) is 14.0. The number of carbonyl (C=O) groups is 1. The highest BCUT2D eigenvalue weighted by Gasteiger charge is 2.51. The lowest BCUT2D eigenvalue weighted by Crippen LogP contribution is -2.33. The Bertz CT molecular complexity index is 1990. The van der Waals surface area contributed by atoms with Gasteiger partial charge in [0.1, 0.15) is 36.6 Å². The lowest BCUT2D eigenvalue weighted by molar-refractivity contribution is -0.141. The molecule has 5 aliphatic rings. The summed E-state index contributed by atoms with van der Waals surface area (Å²) in [5, 5.41) is 28.1. The summed E-state index contributed by atoms with van der Waals surface area (Å²) in [5.41, 5.74) is 13.8. The monoisotopic (exact) mass is 691 g/mol. The van der Waals surface area contributed by atoms with Gasteiger partial charge in [-0.25, -0.2) is 0 Å². The highest BCUT2D eigenvalue weighted by Crippen LogP contribution is 2.62. The Morgan fingerprint density at radius 2 is 1.96 bits per heavy atom. The standard InChI is InChI=1S/C41H45N3O7/c1-22(45)49-21-32-30-7-8-31-36-25(15-27(46)16-34(36)48-3)18-41(13-12-23(17-41)14-24-4-11-35(42)44-19-24)37(31)40(30)51-38(32)28-9-10-33(47)39-29(28)6-5-26(43-2)20-50-39/h4-11,15-16,19,23,26,32,35,38,43-44,46-47H,12-14,17-18,20-21,42H2,1-3H3/t23-,26+,32+,35?,38-,41+/m1/s1. The Kier molecular flexibility index (Phi) is 8.47. The van der Waals surface area contributed by atoms with Crippen molar-refractivity contribution in [3.63, 3.8) is 0 Å². The molecule has 2 aliphatic carbocycles. The Hall–Kier alpha value is -4.93. The summed E-state index contributed by atoms with van der Waals surface area (Å²) in [5.74, 6) is 1.82. The van der Waals surface area contributed by atoms with Crippen LogP contribution < -0.4 is 30.6 Å². The van der Waals surface area contributed by atoms with E-state index in [9.17, 15) is 15.0 Å². The zero-order chi connectivity index (χ0) is 35.4. The summed E-state index contributed by atoms with van der Waals surface area (Å²) in [7, 11) is 3.51. The zero-order valence-electron chi connectivity index (χ0n) is 29.2. The molecule has 3 aliphatic heterocycles. The summed E-state index contributed by atoms with van der Waals surface area (Å²) < 4.78 is 25.0. The molecule has 1 saturated carbocycles. The van der Waals surface area contributed by atoms with Gasteiger partial charge in [-0.3, -0.25) is 4.79 Å². The number of ether oxygens (including phenoxy) is 4. The molecule has 6 N–H and O–H groups in total. The fourth-order valence-corrected chi connectivity index (χ4v) is 9.09. The molecule has 1 spiro atoms. The second kappa shape index (κ2) is 13.0. The minimum Gasteiger partial charge on any atom is -0.508 e. The van der Waals surface area contributed by atoms with Crippen molar-refractivity contribution in [1.29, 1.82) is 0 Å². The molecule has 3 heterocycles. The Labute approximate surface area is 297 Å². The highest BCUT2D eigenvalue weighted by atomic mass is 16.5. The van der Waals surface area contributed by atoms with Crippen LogP contribution in [-0.4, -0.2) is 55.8 Å². The molecule has 3 aromatic rings. The number of nitrogens with one attached hydrogen (secondary N) is 2. The van der Waals surface area contributed by atoms with Gasteiger partial charge in [-0.05, 0) is 80.0 Å². The summed E-state index contributed by atoms with van der Waals surface area (Å²) in [4.78, 5) is 12.2. The fourth-order valence-electron chi connectivity index (χ4n) is 9.09. The van der Waals surface area contributed by atoms with Crippen LogP contribution in [0.1, 0.15) is 72.4 Å². The first-order valence-electron chi connectivity index (χ1n) is 17.8. The van der Waals surface area contributed by atoms with Crippen molar-refractivity contribution in [3.8, 4) is 39.9 Å². The van der Waals surface area contributed by atoms with Gasteiger partial charge in [0.25, 0.3) is 0 Å². The summed E-state index contributed by atoms with van der Waals surface area (Å²) in [6, 6.07) is 11.3. The van der Waals surface area contributed by atoms with Crippen molar-refractivity contribution in [3.05, 3.63) is 94.2 Å². The molecule has 0 aromatic heterocycles. The van der Waals surface area contributed by atoms with Crippen molar-refractivity contribution in [2.24, 2.45) is 11.7 Å². The van der Waals surface area contributed by atoms with E-state index in [1.54, 1.807) is 19.2 Å². The Balaban J connectivity index is 1.27. The lowest BCUT2D eigenvalue weighted by Gasteiger charge is -2.39. The van der Waals surface area contributed by atoms with Crippen molar-refractivity contribution in [2.75, 3.05) is 27.4 Å². The third-order valence-corrected chi connectivity index (χ3v) is 11.4. The number of likely N-dealkylation sites (N-methyl/N-ethyl adjacent to an activating group) is 1. The molecule has 1 fully saturated rings. The topological polar surface area (TPSA) is 145 Å². The van der Waals surface area contributed by atoms with E-state index in [2.05, 4.69) is 28.8 Å². The van der Waals surface area contributed by atoms with E-state index in [0.29, 0.717) is 24.0 Å². The third-order valence-electron chi connectivity index (χ3n) is 11.4. The number of rotatable bonds is 7. The smallest absolute Gasteiger partial charge is 0.302 e. The number of nitrogens with two attached hydrogens (primary N) is 1. The number of carbonyl (C=O) groups excluding carboxylic acids is 1. The molecule has 8 rings (SSSR count). The molecule has 10 nitrogen and oxygen atoms in total. The van der Waals surface area contributed by atoms with Crippen LogP contribution in [0, 0.1) is 5.92 Å². The van der Waals surface area contributed by atoms with E-state index in [1.165, 1.54) is 12.5 Å². The van der Waals surface area contributed by atoms with Crippen molar-refractivity contribution < 1.29 is 34.0 Å². The summed E-state index contributed by atoms with van der Waals surface area (Å²) in [6.45, 7) is 1.92. The van der Waals surface area contributed by atoms with Crippen LogP contribution in [0.4, 0.5) is 0 Å². The summed E-state index contributed by atoms with van der Waals surface area (Å²) >= 11 is 0. The van der Waals surface area contributed by atoms with E-state index in [4.69, 9.17) is 24.7 Å². The lowest BCUT2D eigenvalue weighted by atomic mass is 9.65. The molecule has 3 aromatic carbocycles. The van der Waals surface area contributed by atoms with Gasteiger partial charge in [0.05, 0.1) is 25.2 Å². The number of allylic oxidation sites excluding steroid dienone is 2. The Morgan fingerprint density at radius 1 is 1.12 bits per heavy atom. The van der Waals surface area contributed by atoms with Crippen LogP contribution in [-0.2, 0) is 21.4 Å². The fraction of sp³-hybridized carbons (Fsp3) is 0.390. The number of esters is 1. The average molecular weight is 692 g/mol. The first kappa shape index (κ1) is 33.2. The van der Waals surface area contributed by atoms with E-state index >= 15 is 0 Å². The molecule has 10 heteroatoms. The second-order valence-corrected chi connectivity index (χ2v) is 14.6. The molecule has 6 atom stereocenters. The number of fused-ring (bicyclic) bond motifs is 7. The van der Waals surface area contributed by atoms with Gasteiger partial charge in [0.2, 0.25) is 0 Å². The molecule has 51 heavy (non-hydrogen) atoms. The average Bonchev–Trinajstić information content (AvgIpc) is 3.60. The third kappa shape index (κ3) is 5.80.